The minimum Gasteiger partial charge on any atom is -0.384 e. The van der Waals surface area contributed by atoms with E-state index in [4.69, 9.17) is 0 Å². The summed E-state index contributed by atoms with van der Waals surface area (Å²) in [5.41, 5.74) is 1.91. The Morgan fingerprint density at radius 3 is 2.33 bits per heavy atom. The third-order valence-corrected chi connectivity index (χ3v) is 3.28. The molecule has 0 aromatic heterocycles. The van der Waals surface area contributed by atoms with Crippen LogP contribution in [0.4, 0.5) is 4.39 Å². The van der Waals surface area contributed by atoms with Gasteiger partial charge in [0.2, 0.25) is 0 Å². The lowest BCUT2D eigenvalue weighted by Crippen LogP contribution is -2.13. The molecule has 0 aliphatic heterocycles. The standard InChI is InChI=1S/C18H20FNO/c1-20(2)13-12-15(14-8-4-3-5-9-14)18(21)16-10-6-7-11-17(16)19/h3-12,18,21H,13H2,1-2H3/b15-12+. The zero-order chi connectivity index (χ0) is 15.2. The van der Waals surface area contributed by atoms with Gasteiger partial charge in [0.25, 0.3) is 0 Å². The zero-order valence-corrected chi connectivity index (χ0v) is 12.3. The van der Waals surface area contributed by atoms with E-state index in [0.29, 0.717) is 12.1 Å². The third-order valence-electron chi connectivity index (χ3n) is 3.28. The van der Waals surface area contributed by atoms with Crippen molar-refractivity contribution in [2.24, 2.45) is 0 Å². The van der Waals surface area contributed by atoms with Crippen molar-refractivity contribution >= 4 is 5.57 Å². The predicted octanol–water partition coefficient (Wildman–Crippen LogP) is 3.50. The van der Waals surface area contributed by atoms with Gasteiger partial charge in [0.15, 0.2) is 0 Å². The molecule has 2 aromatic rings. The summed E-state index contributed by atoms with van der Waals surface area (Å²) in [6, 6.07) is 15.9. The average molecular weight is 285 g/mol. The normalized spacial score (nSPS) is 13.5. The van der Waals surface area contributed by atoms with Gasteiger partial charge in [-0.25, -0.2) is 4.39 Å². The van der Waals surface area contributed by atoms with E-state index in [0.717, 1.165) is 11.1 Å². The number of hydrogen-bond acceptors (Lipinski definition) is 2. The van der Waals surface area contributed by atoms with Crippen LogP contribution >= 0.6 is 0 Å². The van der Waals surface area contributed by atoms with Crippen molar-refractivity contribution in [3.8, 4) is 0 Å². The molecule has 0 heterocycles. The van der Waals surface area contributed by atoms with Crippen LogP contribution in [0.2, 0.25) is 0 Å². The number of aliphatic hydroxyl groups excluding tert-OH is 1. The maximum absolute atomic E-state index is 13.9. The van der Waals surface area contributed by atoms with Crippen molar-refractivity contribution in [2.75, 3.05) is 20.6 Å². The molecule has 110 valence electrons. The van der Waals surface area contributed by atoms with E-state index in [1.54, 1.807) is 18.2 Å². The molecule has 1 atom stereocenters. The van der Waals surface area contributed by atoms with E-state index >= 15 is 0 Å². The van der Waals surface area contributed by atoms with Gasteiger partial charge < -0.3 is 10.0 Å². The fourth-order valence-corrected chi connectivity index (χ4v) is 2.16. The second kappa shape index (κ2) is 7.16. The Kier molecular flexibility index (Phi) is 5.26. The van der Waals surface area contributed by atoms with Gasteiger partial charge in [-0.3, -0.25) is 0 Å². The van der Waals surface area contributed by atoms with E-state index in [1.165, 1.54) is 6.07 Å². The Bertz CT molecular complexity index is 608. The molecule has 0 aliphatic carbocycles. The molecule has 2 nitrogen and oxygen atoms in total. The highest BCUT2D eigenvalue weighted by atomic mass is 19.1. The number of halogens is 1. The van der Waals surface area contributed by atoms with Gasteiger partial charge in [-0.1, -0.05) is 54.6 Å². The molecule has 2 rings (SSSR count). The van der Waals surface area contributed by atoms with E-state index in [2.05, 4.69) is 0 Å². The van der Waals surface area contributed by atoms with Crippen LogP contribution in [0, 0.1) is 5.82 Å². The minimum atomic E-state index is -0.978. The Hall–Kier alpha value is -1.97. The molecular formula is C18H20FNO. The average Bonchev–Trinajstić information content (AvgIpc) is 2.48. The lowest BCUT2D eigenvalue weighted by Gasteiger charge is -2.18. The summed E-state index contributed by atoms with van der Waals surface area (Å²) in [7, 11) is 3.91. The van der Waals surface area contributed by atoms with Crippen LogP contribution in [0.15, 0.2) is 60.7 Å². The predicted molar refractivity (Wildman–Crippen MR) is 84.3 cm³/mol. The fourth-order valence-electron chi connectivity index (χ4n) is 2.16. The first-order valence-corrected chi connectivity index (χ1v) is 6.92. The third kappa shape index (κ3) is 4.00. The van der Waals surface area contributed by atoms with Gasteiger partial charge in [0.05, 0.1) is 0 Å². The molecule has 0 aliphatic rings. The van der Waals surface area contributed by atoms with Crippen molar-refractivity contribution < 1.29 is 9.50 Å². The lowest BCUT2D eigenvalue weighted by atomic mass is 9.94. The van der Waals surface area contributed by atoms with Crippen LogP contribution in [0.5, 0.6) is 0 Å². The van der Waals surface area contributed by atoms with Gasteiger partial charge in [-0.15, -0.1) is 0 Å². The maximum Gasteiger partial charge on any atom is 0.129 e. The van der Waals surface area contributed by atoms with Crippen LogP contribution < -0.4 is 0 Å². The van der Waals surface area contributed by atoms with Crippen molar-refractivity contribution in [2.45, 2.75) is 6.10 Å². The molecule has 0 saturated carbocycles. The van der Waals surface area contributed by atoms with Crippen molar-refractivity contribution in [3.63, 3.8) is 0 Å². The molecule has 3 heteroatoms. The van der Waals surface area contributed by atoms with Crippen LogP contribution in [0.25, 0.3) is 5.57 Å². The Morgan fingerprint density at radius 2 is 1.71 bits per heavy atom. The molecule has 0 bridgehead atoms. The van der Waals surface area contributed by atoms with Gasteiger partial charge in [0.1, 0.15) is 11.9 Å². The maximum atomic E-state index is 13.9. The van der Waals surface area contributed by atoms with E-state index in [-0.39, 0.29) is 0 Å². The van der Waals surface area contributed by atoms with E-state index in [1.807, 2.05) is 55.4 Å². The van der Waals surface area contributed by atoms with Gasteiger partial charge in [-0.2, -0.15) is 0 Å². The molecule has 0 fully saturated rings. The molecule has 1 N–H and O–H groups in total. The highest BCUT2D eigenvalue weighted by molar-refractivity contribution is 5.70. The number of hydrogen-bond donors (Lipinski definition) is 1. The van der Waals surface area contributed by atoms with E-state index in [9.17, 15) is 9.50 Å². The molecule has 0 amide bonds. The number of rotatable bonds is 5. The van der Waals surface area contributed by atoms with Crippen LogP contribution in [-0.2, 0) is 0 Å². The number of likely N-dealkylation sites (N-methyl/N-ethyl adjacent to an activating group) is 1. The molecule has 0 radical (unpaired) electrons. The molecule has 2 aromatic carbocycles. The summed E-state index contributed by atoms with van der Waals surface area (Å²) in [4.78, 5) is 2.00. The quantitative estimate of drug-likeness (QED) is 0.909. The van der Waals surface area contributed by atoms with Gasteiger partial charge in [-0.05, 0) is 31.3 Å². The monoisotopic (exact) mass is 285 g/mol. The van der Waals surface area contributed by atoms with Crippen LogP contribution in [-0.4, -0.2) is 30.6 Å². The zero-order valence-electron chi connectivity index (χ0n) is 12.3. The molecule has 21 heavy (non-hydrogen) atoms. The first-order chi connectivity index (χ1) is 10.1. The van der Waals surface area contributed by atoms with Gasteiger partial charge in [0, 0.05) is 12.1 Å². The number of nitrogens with zero attached hydrogens (tertiary/aromatic N) is 1. The Labute approximate surface area is 125 Å². The second-order valence-corrected chi connectivity index (χ2v) is 5.21. The highest BCUT2D eigenvalue weighted by Gasteiger charge is 2.18. The highest BCUT2D eigenvalue weighted by Crippen LogP contribution is 2.31. The van der Waals surface area contributed by atoms with Crippen molar-refractivity contribution in [3.05, 3.63) is 77.6 Å². The van der Waals surface area contributed by atoms with Gasteiger partial charge >= 0.3 is 0 Å². The first kappa shape index (κ1) is 15.4. The Morgan fingerprint density at radius 1 is 1.10 bits per heavy atom. The smallest absolute Gasteiger partial charge is 0.129 e. The van der Waals surface area contributed by atoms with E-state index < -0.39 is 11.9 Å². The summed E-state index contributed by atoms with van der Waals surface area (Å²) < 4.78 is 13.9. The molecular weight excluding hydrogens is 265 g/mol. The minimum absolute atomic E-state index is 0.298. The number of benzene rings is 2. The van der Waals surface area contributed by atoms with Crippen molar-refractivity contribution in [1.29, 1.82) is 0 Å². The summed E-state index contributed by atoms with van der Waals surface area (Å²) in [6.07, 6.45) is 0.959. The topological polar surface area (TPSA) is 23.5 Å². The SMILES string of the molecule is CN(C)C/C=C(\c1ccccc1)C(O)c1ccccc1F. The lowest BCUT2D eigenvalue weighted by molar-refractivity contribution is 0.232. The summed E-state index contributed by atoms with van der Waals surface area (Å²) in [5.74, 6) is -0.392. The van der Waals surface area contributed by atoms with Crippen LogP contribution in [0.1, 0.15) is 17.2 Å². The second-order valence-electron chi connectivity index (χ2n) is 5.21. The Balaban J connectivity index is 2.40. The molecule has 0 saturated heterocycles. The largest absolute Gasteiger partial charge is 0.384 e. The molecule has 1 unspecified atom stereocenters. The summed E-state index contributed by atoms with van der Waals surface area (Å²) in [5, 5.41) is 10.6. The molecule has 0 spiro atoms. The number of aliphatic hydroxyl groups is 1. The fraction of sp³-hybridized carbons (Fsp3) is 0.222. The van der Waals surface area contributed by atoms with Crippen molar-refractivity contribution in [1.82, 2.24) is 4.90 Å². The summed E-state index contributed by atoms with van der Waals surface area (Å²) >= 11 is 0. The summed E-state index contributed by atoms with van der Waals surface area (Å²) in [6.45, 7) is 0.676. The van der Waals surface area contributed by atoms with Crippen LogP contribution in [0.3, 0.4) is 0 Å². The first-order valence-electron chi connectivity index (χ1n) is 6.92.